The molecule has 0 radical (unpaired) electrons. The average molecular weight is 900 g/mol. The van der Waals surface area contributed by atoms with Crippen LogP contribution in [-0.2, 0) is 9.47 Å². The lowest BCUT2D eigenvalue weighted by Gasteiger charge is -2.40. The van der Waals surface area contributed by atoms with E-state index < -0.39 is 82.5 Å². The lowest BCUT2D eigenvalue weighted by Crippen LogP contribution is -2.61. The Hall–Kier alpha value is -0.353. The highest BCUT2D eigenvalue weighted by Crippen LogP contribution is 2.31. The largest absolute Gasteiger partial charge is 0.403 e. The Morgan fingerprint density at radius 3 is 1.38 bits per heavy atom. The molecule has 1 saturated heterocycles. The van der Waals surface area contributed by atoms with Gasteiger partial charge in [0.15, 0.2) is 6.29 Å². The minimum atomic E-state index is -4.64. The van der Waals surface area contributed by atoms with Gasteiger partial charge >= 0.3 is 6.18 Å². The zero-order valence-corrected chi connectivity index (χ0v) is 40.4. The summed E-state index contributed by atoms with van der Waals surface area (Å²) in [5.41, 5.74) is 0. The second kappa shape index (κ2) is 35.9. The van der Waals surface area contributed by atoms with Crippen molar-refractivity contribution < 1.29 is 53.3 Å². The second-order valence-electron chi connectivity index (χ2n) is 19.1. The predicted molar refractivity (Wildman–Crippen MR) is 245 cm³/mol. The third kappa shape index (κ3) is 27.0. The molecule has 366 valence electrons. The summed E-state index contributed by atoms with van der Waals surface area (Å²) >= 11 is 0. The van der Waals surface area contributed by atoms with Crippen LogP contribution < -0.4 is 5.32 Å². The number of halogens is 3. The van der Waals surface area contributed by atoms with E-state index in [0.717, 1.165) is 44.9 Å². The highest BCUT2D eigenvalue weighted by atomic mass is 28.3. The third-order valence-electron chi connectivity index (χ3n) is 13.3. The quantitative estimate of drug-likeness (QED) is 0.0235. The summed E-state index contributed by atoms with van der Waals surface area (Å²) < 4.78 is 54.8. The third-order valence-corrected chi connectivity index (χ3v) is 18.0. The maximum atomic E-state index is 14.6. The fraction of sp³-hybridized carbons (Fsp3) is 1.00. The van der Waals surface area contributed by atoms with Crippen LogP contribution in [0.2, 0.25) is 24.7 Å². The monoisotopic (exact) mass is 900 g/mol. The van der Waals surface area contributed by atoms with Crippen molar-refractivity contribution in [3.05, 3.63) is 0 Å². The van der Waals surface area contributed by atoms with Crippen LogP contribution in [-0.4, -0.2) is 113 Å². The normalized spacial score (nSPS) is 22.1. The summed E-state index contributed by atoms with van der Waals surface area (Å²) in [6.07, 6.45) is 15.0. The van der Waals surface area contributed by atoms with Crippen molar-refractivity contribution in [3.63, 3.8) is 0 Å². The van der Waals surface area contributed by atoms with Crippen molar-refractivity contribution in [1.82, 2.24) is 5.32 Å². The molecule has 5 unspecified atom stereocenters. The molecule has 0 saturated carbocycles. The Labute approximate surface area is 371 Å². The molecular formula is C48H96F3NO8Si. The Bertz CT molecular complexity index is 987. The molecule has 1 rings (SSSR count). The second-order valence-corrected chi connectivity index (χ2v) is 24.2. The number of alkyl halides is 3. The van der Waals surface area contributed by atoms with Crippen LogP contribution in [0.3, 0.4) is 0 Å². The van der Waals surface area contributed by atoms with Crippen LogP contribution in [0.15, 0.2) is 0 Å². The van der Waals surface area contributed by atoms with E-state index in [9.17, 15) is 43.8 Å². The number of aliphatic hydroxyl groups is 6. The van der Waals surface area contributed by atoms with E-state index in [1.165, 1.54) is 127 Å². The molecule has 61 heavy (non-hydrogen) atoms. The van der Waals surface area contributed by atoms with Crippen LogP contribution in [0.5, 0.6) is 0 Å². The molecule has 0 aliphatic carbocycles. The molecule has 13 heteroatoms. The van der Waals surface area contributed by atoms with E-state index in [1.807, 2.05) is 0 Å². The predicted octanol–water partition coefficient (Wildman–Crippen LogP) is 10.9. The Balaban J connectivity index is 2.78. The molecule has 0 aromatic rings. The molecule has 0 amide bonds. The maximum Gasteiger partial charge on any atom is 0.403 e. The summed E-state index contributed by atoms with van der Waals surface area (Å²) in [5, 5.41) is 65.4. The van der Waals surface area contributed by atoms with Crippen LogP contribution in [0.25, 0.3) is 0 Å². The van der Waals surface area contributed by atoms with E-state index in [-0.39, 0.29) is 12.8 Å². The summed E-state index contributed by atoms with van der Waals surface area (Å²) in [7, 11) is -1.36. The van der Waals surface area contributed by atoms with Crippen molar-refractivity contribution in [2.75, 3.05) is 13.2 Å². The fourth-order valence-corrected chi connectivity index (χ4v) is 13.1. The minimum absolute atomic E-state index is 0.202. The standard InChI is InChI=1S/C48H96F3NO8Si/c1-5-8-11-14-15-16-17-18-19-20-22-27-32-40(54)43(55)39(38-59-47-46(58)45(57)44(56)41(37-53)60-47)52-42(48(49,50)51)33-28-23-21-26-31-36-61(4,34-29-24-12-9-6-2)35-30-25-13-10-7-3/h39-47,52-58H,5-38H2,1-4H3/t39-,40+,41?,42-,43-,44?,45?,46?,47?/m0/s1. The molecule has 1 fully saturated rings. The molecular weight excluding hydrogens is 804 g/mol. The molecule has 0 aromatic carbocycles. The van der Waals surface area contributed by atoms with Gasteiger partial charge in [0.2, 0.25) is 0 Å². The summed E-state index contributed by atoms with van der Waals surface area (Å²) in [6.45, 7) is 8.00. The van der Waals surface area contributed by atoms with Gasteiger partial charge in [-0.1, -0.05) is 219 Å². The van der Waals surface area contributed by atoms with E-state index in [4.69, 9.17) is 9.47 Å². The van der Waals surface area contributed by atoms with Gasteiger partial charge in [0, 0.05) is 0 Å². The zero-order valence-electron chi connectivity index (χ0n) is 39.4. The van der Waals surface area contributed by atoms with Gasteiger partial charge in [-0.15, -0.1) is 0 Å². The first-order valence-electron chi connectivity index (χ1n) is 25.4. The molecule has 9 nitrogen and oxygen atoms in total. The van der Waals surface area contributed by atoms with Gasteiger partial charge < -0.3 is 40.1 Å². The number of aliphatic hydroxyl groups excluding tert-OH is 6. The van der Waals surface area contributed by atoms with Crippen molar-refractivity contribution >= 4 is 8.07 Å². The first-order chi connectivity index (χ1) is 29.2. The van der Waals surface area contributed by atoms with Gasteiger partial charge in [0.1, 0.15) is 30.5 Å². The summed E-state index contributed by atoms with van der Waals surface area (Å²) in [4.78, 5) is 0. The van der Waals surface area contributed by atoms with E-state index >= 15 is 0 Å². The summed E-state index contributed by atoms with van der Waals surface area (Å²) in [5.74, 6) is 0. The van der Waals surface area contributed by atoms with Gasteiger partial charge in [0.25, 0.3) is 0 Å². The lowest BCUT2D eigenvalue weighted by molar-refractivity contribution is -0.303. The smallest absolute Gasteiger partial charge is 0.394 e. The first-order valence-corrected chi connectivity index (χ1v) is 28.5. The van der Waals surface area contributed by atoms with Crippen LogP contribution in [0, 0.1) is 0 Å². The van der Waals surface area contributed by atoms with Gasteiger partial charge in [-0.2, -0.15) is 13.2 Å². The number of nitrogens with one attached hydrogen (secondary N) is 1. The highest BCUT2D eigenvalue weighted by Gasteiger charge is 2.46. The SMILES string of the molecule is CCCCCCCCCCCCCC[C@@H](O)[C@@H](O)[C@H](COC1OC(CO)C(O)C(O)C1O)N[C@@H](CCCCCCC[Si](C)(CCCCCCC)CCCCCCC)C(F)(F)F. The van der Waals surface area contributed by atoms with E-state index in [0.29, 0.717) is 19.3 Å². The van der Waals surface area contributed by atoms with E-state index in [1.54, 1.807) is 0 Å². The van der Waals surface area contributed by atoms with Gasteiger partial charge in [-0.05, 0) is 12.8 Å². The molecule has 0 aromatic heterocycles. The molecule has 1 aliphatic rings. The van der Waals surface area contributed by atoms with Crippen LogP contribution in [0.4, 0.5) is 13.2 Å². The van der Waals surface area contributed by atoms with Crippen LogP contribution >= 0.6 is 0 Å². The van der Waals surface area contributed by atoms with Crippen molar-refractivity contribution in [3.8, 4) is 0 Å². The minimum Gasteiger partial charge on any atom is -0.394 e. The molecule has 0 spiro atoms. The first kappa shape index (κ1) is 58.7. The fourth-order valence-electron chi connectivity index (χ4n) is 9.00. The molecule has 1 aliphatic heterocycles. The molecule has 9 atom stereocenters. The van der Waals surface area contributed by atoms with E-state index in [2.05, 4.69) is 32.6 Å². The average Bonchev–Trinajstić information content (AvgIpc) is 3.23. The highest BCUT2D eigenvalue weighted by molar-refractivity contribution is 6.78. The zero-order chi connectivity index (χ0) is 45.4. The maximum absolute atomic E-state index is 14.6. The van der Waals surface area contributed by atoms with Crippen molar-refractivity contribution in [2.24, 2.45) is 0 Å². The Morgan fingerprint density at radius 1 is 0.574 bits per heavy atom. The van der Waals surface area contributed by atoms with Gasteiger partial charge in [0.05, 0.1) is 39.5 Å². The topological polar surface area (TPSA) is 152 Å². The number of unbranched alkanes of at least 4 members (excludes halogenated alkanes) is 23. The lowest BCUT2D eigenvalue weighted by atomic mass is 9.97. The van der Waals surface area contributed by atoms with Crippen molar-refractivity contribution in [1.29, 1.82) is 0 Å². The molecule has 7 N–H and O–H groups in total. The van der Waals surface area contributed by atoms with Gasteiger partial charge in [-0.25, -0.2) is 0 Å². The van der Waals surface area contributed by atoms with Crippen LogP contribution in [0.1, 0.15) is 207 Å². The number of rotatable bonds is 41. The Morgan fingerprint density at radius 2 is 0.967 bits per heavy atom. The molecule has 0 bridgehead atoms. The summed E-state index contributed by atoms with van der Waals surface area (Å²) in [6, 6.07) is 0.685. The van der Waals surface area contributed by atoms with Gasteiger partial charge in [-0.3, -0.25) is 5.32 Å². The Kier molecular flexibility index (Phi) is 34.5. The number of hydrogen-bond donors (Lipinski definition) is 7. The van der Waals surface area contributed by atoms with Crippen molar-refractivity contribution in [2.45, 2.75) is 293 Å². The number of ether oxygens (including phenoxy) is 2. The molecule has 1 heterocycles. The number of hydrogen-bond acceptors (Lipinski definition) is 9.